The minimum Gasteiger partial charge on any atom is -0.486 e. The van der Waals surface area contributed by atoms with Crippen LogP contribution in [0.25, 0.3) is 0 Å². The van der Waals surface area contributed by atoms with Gasteiger partial charge < -0.3 is 9.84 Å². The molecule has 1 aromatic rings. The monoisotopic (exact) mass is 268 g/mol. The van der Waals surface area contributed by atoms with Gasteiger partial charge in [-0.25, -0.2) is 0 Å². The molecule has 0 aromatic heterocycles. The van der Waals surface area contributed by atoms with E-state index in [1.807, 2.05) is 0 Å². The third-order valence-electron chi connectivity index (χ3n) is 2.98. The van der Waals surface area contributed by atoms with Crippen LogP contribution in [0.15, 0.2) is 12.1 Å². The van der Waals surface area contributed by atoms with E-state index >= 15 is 0 Å². The van der Waals surface area contributed by atoms with E-state index in [0.717, 1.165) is 5.56 Å². The molecule has 0 saturated carbocycles. The molecule has 0 aliphatic carbocycles. The number of Topliss-reactive ketones (excluding diaryl/α,β-unsaturated/α-hetero) is 1. The predicted octanol–water partition coefficient (Wildman–Crippen LogP) is 2.85. The minimum absolute atomic E-state index is 0.0473. The van der Waals surface area contributed by atoms with E-state index in [2.05, 4.69) is 0 Å². The van der Waals surface area contributed by atoms with Gasteiger partial charge in [0.25, 0.3) is 0 Å². The molecule has 0 bridgehead atoms. The Bertz CT molecular complexity index is 538. The number of benzene rings is 1. The van der Waals surface area contributed by atoms with Gasteiger partial charge in [-0.15, -0.1) is 0 Å². The van der Waals surface area contributed by atoms with Gasteiger partial charge in [-0.3, -0.25) is 9.59 Å². The second-order valence-electron chi connectivity index (χ2n) is 4.82. The van der Waals surface area contributed by atoms with Crippen LogP contribution in [-0.2, 0) is 4.79 Å². The third-order valence-corrected chi connectivity index (χ3v) is 3.38. The van der Waals surface area contributed by atoms with E-state index in [-0.39, 0.29) is 18.6 Å². The lowest BCUT2D eigenvalue weighted by molar-refractivity contribution is -0.141. The molecule has 1 unspecified atom stereocenters. The summed E-state index contributed by atoms with van der Waals surface area (Å²) in [6, 6.07) is 3.25. The van der Waals surface area contributed by atoms with E-state index in [1.54, 1.807) is 26.0 Å². The maximum atomic E-state index is 12.0. The van der Waals surface area contributed by atoms with Crippen LogP contribution < -0.4 is 4.74 Å². The number of carbonyl (C=O) groups excluding carboxylic acids is 1. The van der Waals surface area contributed by atoms with Gasteiger partial charge in [-0.05, 0) is 31.5 Å². The molecule has 0 spiro atoms. The van der Waals surface area contributed by atoms with Crippen LogP contribution in [0.5, 0.6) is 5.75 Å². The molecule has 0 saturated heterocycles. The summed E-state index contributed by atoms with van der Waals surface area (Å²) in [4.78, 5) is 22.8. The van der Waals surface area contributed by atoms with Crippen molar-refractivity contribution in [3.63, 3.8) is 0 Å². The molecule has 1 heterocycles. The fourth-order valence-corrected chi connectivity index (χ4v) is 2.28. The van der Waals surface area contributed by atoms with Gasteiger partial charge in [0.05, 0.1) is 18.4 Å². The molecule has 5 heteroatoms. The number of hydrogen-bond donors (Lipinski definition) is 1. The number of ether oxygens (including phenoxy) is 1. The molecule has 0 amide bonds. The van der Waals surface area contributed by atoms with E-state index in [0.29, 0.717) is 16.3 Å². The molecule has 2 rings (SSSR count). The highest BCUT2D eigenvalue weighted by molar-refractivity contribution is 6.31. The van der Waals surface area contributed by atoms with E-state index in [4.69, 9.17) is 21.4 Å². The van der Waals surface area contributed by atoms with Gasteiger partial charge in [-0.1, -0.05) is 11.6 Å². The average Bonchev–Trinajstić information content (AvgIpc) is 2.19. The smallest absolute Gasteiger partial charge is 0.307 e. The minimum atomic E-state index is -0.990. The Morgan fingerprint density at radius 3 is 2.83 bits per heavy atom. The first-order chi connectivity index (χ1) is 8.31. The first-order valence-electron chi connectivity index (χ1n) is 5.55. The molecule has 1 aromatic carbocycles. The third kappa shape index (κ3) is 2.34. The Hall–Kier alpha value is -1.55. The van der Waals surface area contributed by atoms with Crippen LogP contribution in [0.2, 0.25) is 5.02 Å². The Labute approximate surface area is 110 Å². The highest BCUT2D eigenvalue weighted by Crippen LogP contribution is 2.37. The quantitative estimate of drug-likeness (QED) is 0.896. The van der Waals surface area contributed by atoms with Crippen molar-refractivity contribution in [2.24, 2.45) is 0 Å². The SMILES string of the molecule is Cc1cc2c(cc1Cl)C(=O)CC(C)(CC(=O)O)O2. The average molecular weight is 269 g/mol. The lowest BCUT2D eigenvalue weighted by atomic mass is 9.88. The largest absolute Gasteiger partial charge is 0.486 e. The number of carbonyl (C=O) groups is 2. The normalized spacial score (nSPS) is 22.3. The number of hydrogen-bond acceptors (Lipinski definition) is 3. The van der Waals surface area contributed by atoms with Crippen LogP contribution in [-0.4, -0.2) is 22.5 Å². The fourth-order valence-electron chi connectivity index (χ4n) is 2.11. The second-order valence-corrected chi connectivity index (χ2v) is 5.23. The highest BCUT2D eigenvalue weighted by atomic mass is 35.5. The van der Waals surface area contributed by atoms with Crippen LogP contribution >= 0.6 is 11.6 Å². The number of carboxylic acids is 1. The fraction of sp³-hybridized carbons (Fsp3) is 0.385. The van der Waals surface area contributed by atoms with Crippen LogP contribution in [0.3, 0.4) is 0 Å². The molecule has 18 heavy (non-hydrogen) atoms. The number of ketones is 1. The summed E-state index contributed by atoms with van der Waals surface area (Å²) < 4.78 is 5.68. The predicted molar refractivity (Wildman–Crippen MR) is 66.4 cm³/mol. The van der Waals surface area contributed by atoms with Crippen molar-refractivity contribution >= 4 is 23.4 Å². The summed E-state index contributed by atoms with van der Waals surface area (Å²) in [7, 11) is 0. The van der Waals surface area contributed by atoms with E-state index in [1.165, 1.54) is 0 Å². The van der Waals surface area contributed by atoms with E-state index < -0.39 is 11.6 Å². The van der Waals surface area contributed by atoms with Gasteiger partial charge in [0, 0.05) is 5.02 Å². The summed E-state index contributed by atoms with van der Waals surface area (Å²) in [5.74, 6) is -0.710. The van der Waals surface area contributed by atoms with Crippen LogP contribution in [0.4, 0.5) is 0 Å². The maximum Gasteiger partial charge on any atom is 0.307 e. The zero-order chi connectivity index (χ0) is 13.5. The second kappa shape index (κ2) is 4.28. The molecular formula is C13H13ClO4. The zero-order valence-corrected chi connectivity index (χ0v) is 10.9. The lowest BCUT2D eigenvalue weighted by Crippen LogP contribution is -2.41. The number of fused-ring (bicyclic) bond motifs is 1. The summed E-state index contributed by atoms with van der Waals surface area (Å²) in [5, 5.41) is 9.36. The summed E-state index contributed by atoms with van der Waals surface area (Å²) in [6.07, 6.45) is -0.161. The van der Waals surface area contributed by atoms with Gasteiger partial charge in [0.2, 0.25) is 0 Å². The van der Waals surface area contributed by atoms with Crippen molar-refractivity contribution in [2.45, 2.75) is 32.3 Å². The zero-order valence-electron chi connectivity index (χ0n) is 10.1. The van der Waals surface area contributed by atoms with Crippen molar-refractivity contribution in [2.75, 3.05) is 0 Å². The molecule has 0 radical (unpaired) electrons. The molecule has 0 fully saturated rings. The topological polar surface area (TPSA) is 63.6 Å². The summed E-state index contributed by atoms with van der Waals surface area (Å²) >= 11 is 5.96. The van der Waals surface area contributed by atoms with Crippen LogP contribution in [0, 0.1) is 6.92 Å². The Morgan fingerprint density at radius 2 is 2.22 bits per heavy atom. The number of rotatable bonds is 2. The van der Waals surface area contributed by atoms with Crippen molar-refractivity contribution in [3.05, 3.63) is 28.3 Å². The molecule has 1 atom stereocenters. The number of aryl methyl sites for hydroxylation is 1. The highest BCUT2D eigenvalue weighted by Gasteiger charge is 2.38. The Kier molecular flexibility index (Phi) is 3.07. The summed E-state index contributed by atoms with van der Waals surface area (Å²) in [6.45, 7) is 3.44. The molecule has 96 valence electrons. The molecule has 4 nitrogen and oxygen atoms in total. The molecular weight excluding hydrogens is 256 g/mol. The Morgan fingerprint density at radius 1 is 1.56 bits per heavy atom. The van der Waals surface area contributed by atoms with Gasteiger partial charge in [-0.2, -0.15) is 0 Å². The van der Waals surface area contributed by atoms with Crippen molar-refractivity contribution in [3.8, 4) is 5.75 Å². The molecule has 1 aliphatic heterocycles. The molecule has 1 N–H and O–H groups in total. The number of carboxylic acid groups (broad SMARTS) is 1. The lowest BCUT2D eigenvalue weighted by Gasteiger charge is -2.34. The van der Waals surface area contributed by atoms with E-state index in [9.17, 15) is 9.59 Å². The standard InChI is InChI=1S/C13H13ClO4/c1-7-3-11-8(4-9(7)14)10(15)5-13(2,18-11)6-12(16)17/h3-4H,5-6H2,1-2H3,(H,16,17). The van der Waals surface area contributed by atoms with Gasteiger partial charge >= 0.3 is 5.97 Å². The van der Waals surface area contributed by atoms with Crippen LogP contribution in [0.1, 0.15) is 35.7 Å². The van der Waals surface area contributed by atoms with Gasteiger partial charge in [0.1, 0.15) is 11.4 Å². The van der Waals surface area contributed by atoms with Crippen molar-refractivity contribution < 1.29 is 19.4 Å². The summed E-state index contributed by atoms with van der Waals surface area (Å²) in [5.41, 5.74) is 0.229. The maximum absolute atomic E-state index is 12.0. The Balaban J connectivity index is 2.42. The number of halogens is 1. The van der Waals surface area contributed by atoms with Gasteiger partial charge in [0.15, 0.2) is 5.78 Å². The molecule has 1 aliphatic rings. The first kappa shape index (κ1) is 12.9. The van der Waals surface area contributed by atoms with Crippen molar-refractivity contribution in [1.82, 2.24) is 0 Å². The van der Waals surface area contributed by atoms with Crippen molar-refractivity contribution in [1.29, 1.82) is 0 Å². The first-order valence-corrected chi connectivity index (χ1v) is 5.93. The number of aliphatic carboxylic acids is 1.